The van der Waals surface area contributed by atoms with Gasteiger partial charge in [0.2, 0.25) is 0 Å². The SMILES string of the molecule is CN(CC1CC1)C(=O)COc1cc(Cl)ccc1Cl. The fourth-order valence-electron chi connectivity index (χ4n) is 1.63. The Bertz CT molecular complexity index is 447. The lowest BCUT2D eigenvalue weighted by atomic mass is 10.3. The van der Waals surface area contributed by atoms with Gasteiger partial charge in [-0.15, -0.1) is 0 Å². The summed E-state index contributed by atoms with van der Waals surface area (Å²) >= 11 is 11.8. The van der Waals surface area contributed by atoms with Crippen LogP contribution in [0.4, 0.5) is 0 Å². The number of rotatable bonds is 5. The van der Waals surface area contributed by atoms with E-state index in [1.165, 1.54) is 12.8 Å². The van der Waals surface area contributed by atoms with Gasteiger partial charge >= 0.3 is 0 Å². The molecule has 98 valence electrons. The molecule has 0 aliphatic heterocycles. The average molecular weight is 288 g/mol. The van der Waals surface area contributed by atoms with Crippen molar-refractivity contribution in [2.45, 2.75) is 12.8 Å². The van der Waals surface area contributed by atoms with E-state index in [1.807, 2.05) is 0 Å². The van der Waals surface area contributed by atoms with E-state index in [4.69, 9.17) is 27.9 Å². The van der Waals surface area contributed by atoms with Crippen LogP contribution >= 0.6 is 23.2 Å². The first-order valence-corrected chi connectivity index (χ1v) is 6.63. The highest BCUT2D eigenvalue weighted by Crippen LogP contribution is 2.30. The average Bonchev–Trinajstić information content (AvgIpc) is 3.13. The molecule has 1 aromatic rings. The second-order valence-corrected chi connectivity index (χ2v) is 5.42. The fraction of sp³-hybridized carbons (Fsp3) is 0.462. The van der Waals surface area contributed by atoms with Gasteiger partial charge in [-0.25, -0.2) is 0 Å². The smallest absolute Gasteiger partial charge is 0.260 e. The first-order chi connectivity index (χ1) is 8.56. The van der Waals surface area contributed by atoms with Crippen LogP contribution in [-0.2, 0) is 4.79 Å². The topological polar surface area (TPSA) is 29.5 Å². The van der Waals surface area contributed by atoms with E-state index in [0.717, 1.165) is 6.54 Å². The number of hydrogen-bond donors (Lipinski definition) is 0. The van der Waals surface area contributed by atoms with Gasteiger partial charge in [-0.3, -0.25) is 4.79 Å². The van der Waals surface area contributed by atoms with Gasteiger partial charge in [0.15, 0.2) is 6.61 Å². The number of halogens is 2. The maximum atomic E-state index is 11.8. The molecule has 18 heavy (non-hydrogen) atoms. The molecule has 2 rings (SSSR count). The molecule has 0 saturated heterocycles. The van der Waals surface area contributed by atoms with Crippen molar-refractivity contribution < 1.29 is 9.53 Å². The Morgan fingerprint density at radius 2 is 2.17 bits per heavy atom. The van der Waals surface area contributed by atoms with Gasteiger partial charge < -0.3 is 9.64 Å². The van der Waals surface area contributed by atoms with Crippen molar-refractivity contribution in [3.8, 4) is 5.75 Å². The lowest BCUT2D eigenvalue weighted by Gasteiger charge is -2.17. The zero-order chi connectivity index (χ0) is 13.1. The van der Waals surface area contributed by atoms with Gasteiger partial charge in [0.05, 0.1) is 5.02 Å². The zero-order valence-corrected chi connectivity index (χ0v) is 11.7. The van der Waals surface area contributed by atoms with Crippen LogP contribution in [0.1, 0.15) is 12.8 Å². The van der Waals surface area contributed by atoms with E-state index in [9.17, 15) is 4.79 Å². The highest BCUT2D eigenvalue weighted by molar-refractivity contribution is 6.34. The van der Waals surface area contributed by atoms with Crippen molar-refractivity contribution in [2.75, 3.05) is 20.2 Å². The van der Waals surface area contributed by atoms with Gasteiger partial charge in [-0.1, -0.05) is 23.2 Å². The van der Waals surface area contributed by atoms with Crippen LogP contribution in [0.2, 0.25) is 10.0 Å². The van der Waals surface area contributed by atoms with Crippen molar-refractivity contribution in [2.24, 2.45) is 5.92 Å². The minimum atomic E-state index is -0.0436. The molecule has 0 aromatic heterocycles. The summed E-state index contributed by atoms with van der Waals surface area (Å²) < 4.78 is 5.39. The summed E-state index contributed by atoms with van der Waals surface area (Å²) in [5, 5.41) is 0.991. The molecule has 0 heterocycles. The summed E-state index contributed by atoms with van der Waals surface area (Å²) in [7, 11) is 1.80. The summed E-state index contributed by atoms with van der Waals surface area (Å²) in [6, 6.07) is 4.94. The van der Waals surface area contributed by atoms with E-state index in [0.29, 0.717) is 21.7 Å². The number of carbonyl (C=O) groups excluding carboxylic acids is 1. The van der Waals surface area contributed by atoms with Crippen molar-refractivity contribution in [3.05, 3.63) is 28.2 Å². The highest BCUT2D eigenvalue weighted by Gasteiger charge is 2.24. The summed E-state index contributed by atoms with van der Waals surface area (Å²) in [4.78, 5) is 13.5. The van der Waals surface area contributed by atoms with Gasteiger partial charge in [-0.2, -0.15) is 0 Å². The minimum absolute atomic E-state index is 0.0106. The lowest BCUT2D eigenvalue weighted by Crippen LogP contribution is -2.33. The van der Waals surface area contributed by atoms with Crippen LogP contribution in [0.5, 0.6) is 5.75 Å². The molecule has 0 atom stereocenters. The molecule has 0 radical (unpaired) electrons. The van der Waals surface area contributed by atoms with E-state index in [1.54, 1.807) is 30.1 Å². The Hall–Kier alpha value is -0.930. The van der Waals surface area contributed by atoms with Crippen molar-refractivity contribution in [1.82, 2.24) is 4.90 Å². The Morgan fingerprint density at radius 1 is 1.44 bits per heavy atom. The van der Waals surface area contributed by atoms with Gasteiger partial charge in [0, 0.05) is 24.7 Å². The Kier molecular flexibility index (Phi) is 4.36. The molecule has 1 amide bonds. The van der Waals surface area contributed by atoms with Crippen LogP contribution in [0.3, 0.4) is 0 Å². The molecular formula is C13H15Cl2NO2. The van der Waals surface area contributed by atoms with Gasteiger partial charge in [0.1, 0.15) is 5.75 Å². The standard InChI is InChI=1S/C13H15Cl2NO2/c1-16(7-9-2-3-9)13(17)8-18-12-6-10(14)4-5-11(12)15/h4-6,9H,2-3,7-8H2,1H3. The number of amides is 1. The molecular weight excluding hydrogens is 273 g/mol. The molecule has 0 spiro atoms. The van der Waals surface area contributed by atoms with Crippen molar-refractivity contribution in [3.63, 3.8) is 0 Å². The summed E-state index contributed by atoms with van der Waals surface area (Å²) in [6.07, 6.45) is 2.44. The number of likely N-dealkylation sites (N-methyl/N-ethyl adjacent to an activating group) is 1. The third-order valence-electron chi connectivity index (χ3n) is 2.90. The fourth-order valence-corrected chi connectivity index (χ4v) is 1.96. The summed E-state index contributed by atoms with van der Waals surface area (Å²) in [5.41, 5.74) is 0. The maximum absolute atomic E-state index is 11.8. The van der Waals surface area contributed by atoms with E-state index in [2.05, 4.69) is 0 Å². The molecule has 5 heteroatoms. The first-order valence-electron chi connectivity index (χ1n) is 5.88. The van der Waals surface area contributed by atoms with Gasteiger partial charge in [-0.05, 0) is 30.9 Å². The van der Waals surface area contributed by atoms with Crippen LogP contribution in [0, 0.1) is 5.92 Å². The molecule has 1 aliphatic carbocycles. The van der Waals surface area contributed by atoms with Crippen LogP contribution in [0.25, 0.3) is 0 Å². The van der Waals surface area contributed by atoms with Crippen molar-refractivity contribution in [1.29, 1.82) is 0 Å². The Morgan fingerprint density at radius 3 is 2.83 bits per heavy atom. The Balaban J connectivity index is 1.85. The van der Waals surface area contributed by atoms with Gasteiger partial charge in [0.25, 0.3) is 5.91 Å². The third kappa shape index (κ3) is 3.79. The highest BCUT2D eigenvalue weighted by atomic mass is 35.5. The van der Waals surface area contributed by atoms with Crippen molar-refractivity contribution >= 4 is 29.1 Å². The van der Waals surface area contributed by atoms with E-state index < -0.39 is 0 Å². The molecule has 0 unspecified atom stereocenters. The molecule has 1 fully saturated rings. The predicted octanol–water partition coefficient (Wildman–Crippen LogP) is 3.24. The number of carbonyl (C=O) groups is 1. The zero-order valence-electron chi connectivity index (χ0n) is 10.2. The Labute approximate surface area is 117 Å². The third-order valence-corrected chi connectivity index (χ3v) is 3.45. The number of nitrogens with zero attached hydrogens (tertiary/aromatic N) is 1. The maximum Gasteiger partial charge on any atom is 0.260 e. The molecule has 1 saturated carbocycles. The van der Waals surface area contributed by atoms with E-state index >= 15 is 0 Å². The minimum Gasteiger partial charge on any atom is -0.482 e. The van der Waals surface area contributed by atoms with E-state index in [-0.39, 0.29) is 12.5 Å². The monoisotopic (exact) mass is 287 g/mol. The number of ether oxygens (including phenoxy) is 1. The largest absolute Gasteiger partial charge is 0.482 e. The van der Waals surface area contributed by atoms with Crippen LogP contribution in [0.15, 0.2) is 18.2 Å². The first kappa shape index (κ1) is 13.5. The molecule has 0 N–H and O–H groups in total. The quantitative estimate of drug-likeness (QED) is 0.832. The molecule has 1 aliphatic rings. The molecule has 0 bridgehead atoms. The lowest BCUT2D eigenvalue weighted by molar-refractivity contribution is -0.132. The van der Waals surface area contributed by atoms with Crippen LogP contribution < -0.4 is 4.74 Å². The second kappa shape index (κ2) is 5.81. The number of hydrogen-bond acceptors (Lipinski definition) is 2. The summed E-state index contributed by atoms with van der Waals surface area (Å²) in [5.74, 6) is 1.07. The molecule has 1 aromatic carbocycles. The second-order valence-electron chi connectivity index (χ2n) is 4.58. The normalized spacial score (nSPS) is 14.4. The summed E-state index contributed by atoms with van der Waals surface area (Å²) in [6.45, 7) is 0.800. The predicted molar refractivity (Wildman–Crippen MR) is 72.3 cm³/mol. The molecule has 3 nitrogen and oxygen atoms in total. The number of benzene rings is 1. The van der Waals surface area contributed by atoms with Crippen LogP contribution in [-0.4, -0.2) is 31.0 Å².